The van der Waals surface area contributed by atoms with Gasteiger partial charge in [-0.2, -0.15) is 5.10 Å². The topological polar surface area (TPSA) is 95.1 Å². The Morgan fingerprint density at radius 3 is 3.04 bits per heavy atom. The molecule has 3 rings (SSSR count). The van der Waals surface area contributed by atoms with Crippen LogP contribution in [0.15, 0.2) is 5.10 Å². The first-order valence-corrected chi connectivity index (χ1v) is 8.90. The van der Waals surface area contributed by atoms with Gasteiger partial charge in [0.05, 0.1) is 37.3 Å². The van der Waals surface area contributed by atoms with Crippen LogP contribution in [0, 0.1) is 5.92 Å². The summed E-state index contributed by atoms with van der Waals surface area (Å²) in [5.74, 6) is -0.166. The number of morpholine rings is 1. The van der Waals surface area contributed by atoms with Crippen molar-refractivity contribution in [2.45, 2.75) is 31.7 Å². The number of carbonyl (C=O) groups excluding carboxylic acids is 2. The van der Waals surface area contributed by atoms with Crippen molar-refractivity contribution in [2.75, 3.05) is 45.9 Å². The molecule has 3 aliphatic rings. The monoisotopic (exact) mass is 337 g/mol. The molecule has 0 bridgehead atoms. The average molecular weight is 337 g/mol. The molecule has 2 fully saturated rings. The third-order valence-electron chi connectivity index (χ3n) is 4.88. The molecular weight excluding hydrogens is 310 g/mol. The number of amides is 2. The fourth-order valence-corrected chi connectivity index (χ4v) is 3.53. The molecule has 3 heterocycles. The van der Waals surface area contributed by atoms with E-state index in [1.807, 2.05) is 0 Å². The molecule has 0 spiro atoms. The lowest BCUT2D eigenvalue weighted by Gasteiger charge is -2.34. The van der Waals surface area contributed by atoms with E-state index in [9.17, 15) is 9.59 Å². The van der Waals surface area contributed by atoms with E-state index >= 15 is 0 Å². The summed E-state index contributed by atoms with van der Waals surface area (Å²) in [4.78, 5) is 26.4. The van der Waals surface area contributed by atoms with Gasteiger partial charge in [0.2, 0.25) is 11.8 Å². The summed E-state index contributed by atoms with van der Waals surface area (Å²) < 4.78 is 5.32. The first-order chi connectivity index (χ1) is 11.7. The van der Waals surface area contributed by atoms with Crippen LogP contribution in [-0.4, -0.2) is 74.4 Å². The van der Waals surface area contributed by atoms with Crippen LogP contribution < -0.4 is 16.1 Å². The lowest BCUT2D eigenvalue weighted by molar-refractivity contribution is -0.127. The van der Waals surface area contributed by atoms with Gasteiger partial charge in [0, 0.05) is 19.6 Å². The van der Waals surface area contributed by atoms with Gasteiger partial charge in [0.25, 0.3) is 0 Å². The summed E-state index contributed by atoms with van der Waals surface area (Å²) in [7, 11) is 0. The Labute approximate surface area is 142 Å². The minimum atomic E-state index is -0.0969. The van der Waals surface area contributed by atoms with Gasteiger partial charge < -0.3 is 15.4 Å². The lowest BCUT2D eigenvalue weighted by atomic mass is 9.85. The van der Waals surface area contributed by atoms with Crippen molar-refractivity contribution in [1.29, 1.82) is 0 Å². The number of piperidine rings is 1. The van der Waals surface area contributed by atoms with Crippen molar-refractivity contribution in [3.05, 3.63) is 0 Å². The predicted octanol–water partition coefficient (Wildman–Crippen LogP) is -0.931. The molecule has 2 unspecified atom stereocenters. The zero-order valence-corrected chi connectivity index (χ0v) is 14.1. The molecule has 2 amide bonds. The highest BCUT2D eigenvalue weighted by Crippen LogP contribution is 2.21. The summed E-state index contributed by atoms with van der Waals surface area (Å²) in [5, 5.41) is 10.4. The van der Waals surface area contributed by atoms with Gasteiger partial charge in [0.15, 0.2) is 0 Å². The van der Waals surface area contributed by atoms with Crippen LogP contribution >= 0.6 is 0 Å². The van der Waals surface area contributed by atoms with Crippen LogP contribution in [0.1, 0.15) is 25.7 Å². The van der Waals surface area contributed by atoms with Gasteiger partial charge in [-0.15, -0.1) is 0 Å². The molecule has 2 saturated heterocycles. The lowest BCUT2D eigenvalue weighted by Crippen LogP contribution is -2.56. The van der Waals surface area contributed by atoms with Crippen molar-refractivity contribution < 1.29 is 14.3 Å². The number of fused-ring (bicyclic) bond motifs is 1. The number of rotatable bonds is 6. The van der Waals surface area contributed by atoms with E-state index in [4.69, 9.17) is 4.74 Å². The Bertz CT molecular complexity index is 490. The maximum atomic E-state index is 12.2. The highest BCUT2D eigenvalue weighted by Gasteiger charge is 2.37. The summed E-state index contributed by atoms with van der Waals surface area (Å²) in [6, 6.07) is -0.0911. The molecule has 0 aromatic rings. The van der Waals surface area contributed by atoms with Gasteiger partial charge in [-0.25, -0.2) is 5.43 Å². The number of hydrogen-bond donors (Lipinski definition) is 3. The maximum Gasteiger partial charge on any atom is 0.245 e. The highest BCUT2D eigenvalue weighted by atomic mass is 16.5. The van der Waals surface area contributed by atoms with E-state index in [1.54, 1.807) is 0 Å². The summed E-state index contributed by atoms with van der Waals surface area (Å²) in [6.45, 7) is 6.05. The van der Waals surface area contributed by atoms with Crippen LogP contribution in [0.3, 0.4) is 0 Å². The molecule has 2 atom stereocenters. The van der Waals surface area contributed by atoms with Crippen molar-refractivity contribution in [2.24, 2.45) is 11.0 Å². The van der Waals surface area contributed by atoms with E-state index in [0.29, 0.717) is 6.54 Å². The number of carbonyl (C=O) groups is 2. The zero-order valence-electron chi connectivity index (χ0n) is 14.1. The van der Waals surface area contributed by atoms with E-state index in [0.717, 1.165) is 64.4 Å². The van der Waals surface area contributed by atoms with Gasteiger partial charge in [0.1, 0.15) is 0 Å². The Hall–Kier alpha value is -1.51. The minimum Gasteiger partial charge on any atom is -0.379 e. The van der Waals surface area contributed by atoms with E-state index in [2.05, 4.69) is 26.1 Å². The summed E-state index contributed by atoms with van der Waals surface area (Å²) in [5.41, 5.74) is 3.30. The fourth-order valence-electron chi connectivity index (χ4n) is 3.53. The third-order valence-corrected chi connectivity index (χ3v) is 4.88. The standard InChI is InChI=1S/C16H27N5O3/c22-14(17-5-2-6-21-7-9-24-10-8-21)11-13-15-12(3-1-4-18-15)16(23)20-19-13/h12,15,18H,1-11H2,(H,17,22)(H,20,23). The molecule has 3 N–H and O–H groups in total. The molecule has 0 saturated carbocycles. The molecule has 24 heavy (non-hydrogen) atoms. The normalized spacial score (nSPS) is 27.8. The van der Waals surface area contributed by atoms with E-state index in [-0.39, 0.29) is 30.2 Å². The van der Waals surface area contributed by atoms with Gasteiger partial charge in [-0.1, -0.05) is 0 Å². The highest BCUT2D eigenvalue weighted by molar-refractivity contribution is 6.07. The van der Waals surface area contributed by atoms with Gasteiger partial charge in [-0.05, 0) is 32.4 Å². The van der Waals surface area contributed by atoms with Crippen LogP contribution in [0.25, 0.3) is 0 Å². The molecule has 134 valence electrons. The third kappa shape index (κ3) is 4.52. The summed E-state index contributed by atoms with van der Waals surface area (Å²) in [6.07, 6.45) is 3.00. The number of nitrogens with one attached hydrogen (secondary N) is 3. The number of nitrogens with zero attached hydrogens (tertiary/aromatic N) is 2. The SMILES string of the molecule is O=C(CC1=NNC(=O)C2CCCNC12)NCCCN1CCOCC1. The molecule has 0 aromatic carbocycles. The molecule has 0 aromatic heterocycles. The van der Waals surface area contributed by atoms with Crippen LogP contribution in [0.5, 0.6) is 0 Å². The first-order valence-electron chi connectivity index (χ1n) is 8.90. The Morgan fingerprint density at radius 1 is 1.38 bits per heavy atom. The number of hydrogen-bond acceptors (Lipinski definition) is 6. The molecule has 8 nitrogen and oxygen atoms in total. The van der Waals surface area contributed by atoms with Crippen molar-refractivity contribution >= 4 is 17.5 Å². The van der Waals surface area contributed by atoms with Crippen LogP contribution in [-0.2, 0) is 14.3 Å². The zero-order chi connectivity index (χ0) is 16.8. The predicted molar refractivity (Wildman–Crippen MR) is 89.6 cm³/mol. The first kappa shape index (κ1) is 17.3. The average Bonchev–Trinajstić information content (AvgIpc) is 2.62. The minimum absolute atomic E-state index is 0.0296. The second kappa shape index (κ2) is 8.55. The summed E-state index contributed by atoms with van der Waals surface area (Å²) >= 11 is 0. The Morgan fingerprint density at radius 2 is 2.21 bits per heavy atom. The number of ether oxygens (including phenoxy) is 1. The second-order valence-corrected chi connectivity index (χ2v) is 6.59. The van der Waals surface area contributed by atoms with E-state index < -0.39 is 0 Å². The quantitative estimate of drug-likeness (QED) is 0.544. The Kier molecular flexibility index (Phi) is 6.17. The van der Waals surface area contributed by atoms with Crippen molar-refractivity contribution in [3.63, 3.8) is 0 Å². The van der Waals surface area contributed by atoms with E-state index in [1.165, 1.54) is 0 Å². The number of hydrazone groups is 1. The maximum absolute atomic E-state index is 12.2. The van der Waals surface area contributed by atoms with Crippen LogP contribution in [0.4, 0.5) is 0 Å². The van der Waals surface area contributed by atoms with Crippen molar-refractivity contribution in [1.82, 2.24) is 21.0 Å². The molecule has 0 radical (unpaired) electrons. The molecular formula is C16H27N5O3. The van der Waals surface area contributed by atoms with Gasteiger partial charge >= 0.3 is 0 Å². The smallest absolute Gasteiger partial charge is 0.245 e. The van der Waals surface area contributed by atoms with Gasteiger partial charge in [-0.3, -0.25) is 14.5 Å². The van der Waals surface area contributed by atoms with Crippen molar-refractivity contribution in [3.8, 4) is 0 Å². The molecule has 0 aliphatic carbocycles. The van der Waals surface area contributed by atoms with Crippen LogP contribution in [0.2, 0.25) is 0 Å². The fraction of sp³-hybridized carbons (Fsp3) is 0.812. The Balaban J connectivity index is 1.38. The molecule has 8 heteroatoms. The largest absolute Gasteiger partial charge is 0.379 e. The second-order valence-electron chi connectivity index (χ2n) is 6.59. The molecule has 3 aliphatic heterocycles.